The fourth-order valence-electron chi connectivity index (χ4n) is 1.74. The summed E-state index contributed by atoms with van der Waals surface area (Å²) in [6.45, 7) is 2.97. The fraction of sp³-hybridized carbons (Fsp3) is 0.545. The molecule has 0 bridgehead atoms. The summed E-state index contributed by atoms with van der Waals surface area (Å²) in [6.07, 6.45) is 6.38. The van der Waals surface area contributed by atoms with Gasteiger partial charge in [-0.25, -0.2) is 15.0 Å². The Hall–Kier alpha value is -1.49. The number of nitrogens with zero attached hydrogens (tertiary/aromatic N) is 3. The molecule has 0 aliphatic heterocycles. The Morgan fingerprint density at radius 2 is 2.31 bits per heavy atom. The molecular formula is C11H17N5. The Labute approximate surface area is 94.5 Å². The molecule has 2 aromatic heterocycles. The number of rotatable bonds is 5. The van der Waals surface area contributed by atoms with Gasteiger partial charge in [0.2, 0.25) is 0 Å². The number of aromatic nitrogens is 4. The van der Waals surface area contributed by atoms with Gasteiger partial charge in [-0.05, 0) is 25.3 Å². The van der Waals surface area contributed by atoms with Crippen molar-refractivity contribution in [1.82, 2.24) is 19.9 Å². The van der Waals surface area contributed by atoms with Crippen LogP contribution in [0, 0.1) is 5.92 Å². The average Bonchev–Trinajstić information content (AvgIpc) is 2.69. The molecule has 0 fully saturated rings. The summed E-state index contributed by atoms with van der Waals surface area (Å²) in [5.74, 6) is 1.63. The summed E-state index contributed by atoms with van der Waals surface area (Å²) < 4.78 is 0. The second-order valence-electron chi connectivity index (χ2n) is 4.16. The molecule has 5 nitrogen and oxygen atoms in total. The molecule has 0 aromatic carbocycles. The van der Waals surface area contributed by atoms with Gasteiger partial charge in [-0.15, -0.1) is 0 Å². The molecule has 16 heavy (non-hydrogen) atoms. The van der Waals surface area contributed by atoms with Gasteiger partial charge in [-0.2, -0.15) is 0 Å². The Kier molecular flexibility index (Phi) is 3.46. The van der Waals surface area contributed by atoms with E-state index in [0.29, 0.717) is 5.92 Å². The van der Waals surface area contributed by atoms with E-state index in [1.54, 1.807) is 6.20 Å². The van der Waals surface area contributed by atoms with Crippen molar-refractivity contribution in [3.05, 3.63) is 18.3 Å². The highest BCUT2D eigenvalue weighted by Gasteiger charge is 2.06. The minimum absolute atomic E-state index is 0.643. The first-order valence-electron chi connectivity index (χ1n) is 5.64. The van der Waals surface area contributed by atoms with E-state index in [-0.39, 0.29) is 0 Å². The van der Waals surface area contributed by atoms with Gasteiger partial charge in [0.05, 0.1) is 6.20 Å². The van der Waals surface area contributed by atoms with E-state index in [0.717, 1.165) is 42.8 Å². The predicted molar refractivity (Wildman–Crippen MR) is 62.8 cm³/mol. The number of hydrogen-bond donors (Lipinski definition) is 2. The molecule has 2 heterocycles. The smallest absolute Gasteiger partial charge is 0.180 e. The normalized spacial score (nSPS) is 13.1. The molecule has 2 rings (SSSR count). The van der Waals surface area contributed by atoms with Crippen molar-refractivity contribution in [3.8, 4) is 0 Å². The lowest BCUT2D eigenvalue weighted by atomic mass is 10.0. The Balaban J connectivity index is 1.99. The first-order valence-corrected chi connectivity index (χ1v) is 5.64. The van der Waals surface area contributed by atoms with Crippen molar-refractivity contribution in [2.75, 3.05) is 6.54 Å². The van der Waals surface area contributed by atoms with E-state index in [1.165, 1.54) is 6.33 Å². The van der Waals surface area contributed by atoms with Crippen molar-refractivity contribution in [2.24, 2.45) is 11.7 Å². The van der Waals surface area contributed by atoms with Gasteiger partial charge in [-0.1, -0.05) is 6.92 Å². The van der Waals surface area contributed by atoms with Crippen LogP contribution in [-0.4, -0.2) is 26.5 Å². The molecule has 3 N–H and O–H groups in total. The summed E-state index contributed by atoms with van der Waals surface area (Å²) in [5, 5.41) is 0. The summed E-state index contributed by atoms with van der Waals surface area (Å²) in [6, 6.07) is 0. The SMILES string of the molecule is CC(CCN)CCc1nc2ncncc2[nH]1. The van der Waals surface area contributed by atoms with Crippen LogP contribution in [0.15, 0.2) is 12.5 Å². The molecule has 1 atom stereocenters. The molecule has 1 unspecified atom stereocenters. The Bertz CT molecular complexity index is 417. The highest BCUT2D eigenvalue weighted by molar-refractivity contribution is 5.68. The highest BCUT2D eigenvalue weighted by atomic mass is 15.0. The summed E-state index contributed by atoms with van der Waals surface area (Å²) in [4.78, 5) is 15.7. The maximum absolute atomic E-state index is 5.52. The highest BCUT2D eigenvalue weighted by Crippen LogP contribution is 2.12. The number of hydrogen-bond acceptors (Lipinski definition) is 4. The summed E-state index contributed by atoms with van der Waals surface area (Å²) >= 11 is 0. The molecule has 0 aliphatic carbocycles. The molecule has 0 saturated carbocycles. The maximum atomic E-state index is 5.52. The van der Waals surface area contributed by atoms with Crippen LogP contribution in [0.3, 0.4) is 0 Å². The number of nitrogens with one attached hydrogen (secondary N) is 1. The standard InChI is InChI=1S/C11H17N5/c1-8(4-5-12)2-3-10-15-9-6-13-7-14-11(9)16-10/h6-8H,2-5,12H2,1H3,(H,13,14,15,16). The zero-order chi connectivity index (χ0) is 11.4. The number of nitrogens with two attached hydrogens (primary N) is 1. The largest absolute Gasteiger partial charge is 0.339 e. The monoisotopic (exact) mass is 219 g/mol. The third kappa shape index (κ3) is 2.55. The van der Waals surface area contributed by atoms with Gasteiger partial charge in [0.25, 0.3) is 0 Å². The van der Waals surface area contributed by atoms with Gasteiger partial charge in [0.15, 0.2) is 5.65 Å². The van der Waals surface area contributed by atoms with Crippen LogP contribution in [0.5, 0.6) is 0 Å². The zero-order valence-corrected chi connectivity index (χ0v) is 9.48. The third-order valence-electron chi connectivity index (χ3n) is 2.74. The second kappa shape index (κ2) is 5.03. The van der Waals surface area contributed by atoms with Crippen LogP contribution >= 0.6 is 0 Å². The fourth-order valence-corrected chi connectivity index (χ4v) is 1.74. The first kappa shape index (κ1) is 11.0. The van der Waals surface area contributed by atoms with Crippen molar-refractivity contribution in [2.45, 2.75) is 26.2 Å². The van der Waals surface area contributed by atoms with Gasteiger partial charge in [0, 0.05) is 6.42 Å². The first-order chi connectivity index (χ1) is 7.79. The zero-order valence-electron chi connectivity index (χ0n) is 9.48. The molecular weight excluding hydrogens is 202 g/mol. The van der Waals surface area contributed by atoms with Gasteiger partial charge in [-0.3, -0.25) is 0 Å². The molecule has 2 aromatic rings. The van der Waals surface area contributed by atoms with E-state index in [2.05, 4.69) is 26.9 Å². The van der Waals surface area contributed by atoms with E-state index < -0.39 is 0 Å². The van der Waals surface area contributed by atoms with Crippen LogP contribution in [0.25, 0.3) is 11.2 Å². The molecule has 0 radical (unpaired) electrons. The van der Waals surface area contributed by atoms with Crippen LogP contribution in [0.2, 0.25) is 0 Å². The number of fused-ring (bicyclic) bond motifs is 1. The van der Waals surface area contributed by atoms with Crippen LogP contribution < -0.4 is 5.73 Å². The summed E-state index contributed by atoms with van der Waals surface area (Å²) in [5.41, 5.74) is 7.17. The van der Waals surface area contributed by atoms with Gasteiger partial charge >= 0.3 is 0 Å². The molecule has 5 heteroatoms. The number of imidazole rings is 1. The predicted octanol–water partition coefficient (Wildman–Crippen LogP) is 1.27. The minimum atomic E-state index is 0.643. The van der Waals surface area contributed by atoms with Gasteiger partial charge < -0.3 is 10.7 Å². The van der Waals surface area contributed by atoms with E-state index in [4.69, 9.17) is 5.73 Å². The molecule has 86 valence electrons. The van der Waals surface area contributed by atoms with Crippen LogP contribution in [0.1, 0.15) is 25.6 Å². The average molecular weight is 219 g/mol. The van der Waals surface area contributed by atoms with Crippen LogP contribution in [-0.2, 0) is 6.42 Å². The van der Waals surface area contributed by atoms with Crippen molar-refractivity contribution < 1.29 is 0 Å². The molecule has 0 spiro atoms. The topological polar surface area (TPSA) is 80.5 Å². The van der Waals surface area contributed by atoms with Crippen molar-refractivity contribution >= 4 is 11.2 Å². The number of aromatic amines is 1. The van der Waals surface area contributed by atoms with Crippen molar-refractivity contribution in [1.29, 1.82) is 0 Å². The quantitative estimate of drug-likeness (QED) is 0.793. The minimum Gasteiger partial charge on any atom is -0.339 e. The Morgan fingerprint density at radius 1 is 1.44 bits per heavy atom. The molecule has 0 aliphatic rings. The maximum Gasteiger partial charge on any atom is 0.180 e. The lowest BCUT2D eigenvalue weighted by molar-refractivity contribution is 0.495. The number of H-pyrrole nitrogens is 1. The van der Waals surface area contributed by atoms with E-state index >= 15 is 0 Å². The van der Waals surface area contributed by atoms with E-state index in [9.17, 15) is 0 Å². The lowest BCUT2D eigenvalue weighted by Crippen LogP contribution is -2.06. The number of aryl methyl sites for hydroxylation is 1. The second-order valence-corrected chi connectivity index (χ2v) is 4.16. The lowest BCUT2D eigenvalue weighted by Gasteiger charge is -2.07. The molecule has 0 saturated heterocycles. The van der Waals surface area contributed by atoms with E-state index in [1.807, 2.05) is 0 Å². The summed E-state index contributed by atoms with van der Waals surface area (Å²) in [7, 11) is 0. The van der Waals surface area contributed by atoms with Crippen LogP contribution in [0.4, 0.5) is 0 Å². The molecule has 0 amide bonds. The van der Waals surface area contributed by atoms with Crippen molar-refractivity contribution in [3.63, 3.8) is 0 Å². The Morgan fingerprint density at radius 3 is 3.06 bits per heavy atom. The van der Waals surface area contributed by atoms with Gasteiger partial charge in [0.1, 0.15) is 17.7 Å². The third-order valence-corrected chi connectivity index (χ3v) is 2.74.